The summed E-state index contributed by atoms with van der Waals surface area (Å²) >= 11 is 0. The molecule has 2 N–H and O–H groups in total. The summed E-state index contributed by atoms with van der Waals surface area (Å²) in [7, 11) is 0. The molecule has 0 amide bonds. The van der Waals surface area contributed by atoms with Gasteiger partial charge in [0.1, 0.15) is 0 Å². The van der Waals surface area contributed by atoms with E-state index < -0.39 is 0 Å². The van der Waals surface area contributed by atoms with Gasteiger partial charge >= 0.3 is 29.6 Å². The molecule has 0 atom stereocenters. The molecule has 0 aliphatic carbocycles. The van der Waals surface area contributed by atoms with E-state index in [2.05, 4.69) is 6.92 Å². The zero-order chi connectivity index (χ0) is 11.2. The van der Waals surface area contributed by atoms with Crippen LogP contribution in [0, 0.1) is 0 Å². The van der Waals surface area contributed by atoms with Gasteiger partial charge in [-0.05, 0) is 13.0 Å². The molecular weight excluding hydrogens is 205 g/mol. The molecule has 0 saturated heterocycles. The van der Waals surface area contributed by atoms with Crippen molar-refractivity contribution in [3.8, 4) is 0 Å². The minimum absolute atomic E-state index is 0. The van der Waals surface area contributed by atoms with E-state index in [1.165, 1.54) is 77.0 Å². The second-order valence-corrected chi connectivity index (χ2v) is 4.68. The summed E-state index contributed by atoms with van der Waals surface area (Å²) < 4.78 is 0. The van der Waals surface area contributed by atoms with E-state index in [0.717, 1.165) is 6.54 Å². The van der Waals surface area contributed by atoms with Crippen molar-refractivity contribution in [1.29, 1.82) is 0 Å². The van der Waals surface area contributed by atoms with E-state index in [1.807, 2.05) is 0 Å². The first-order valence-corrected chi connectivity index (χ1v) is 7.12. The van der Waals surface area contributed by atoms with E-state index in [4.69, 9.17) is 5.73 Å². The Hall–Kier alpha value is 0.960. The molecule has 0 bridgehead atoms. The molecule has 0 aliphatic rings. The first kappa shape index (κ1) is 19.3. The van der Waals surface area contributed by atoms with E-state index in [9.17, 15) is 0 Å². The third kappa shape index (κ3) is 17.4. The van der Waals surface area contributed by atoms with Crippen LogP contribution in [0.25, 0.3) is 0 Å². The molecule has 16 heavy (non-hydrogen) atoms. The number of unbranched alkanes of at least 4 members (excludes halogenated alkanes) is 11. The normalized spacial score (nSPS) is 10.1. The predicted octanol–water partition coefficient (Wildman–Crippen LogP) is 1.76. The molecule has 0 rings (SSSR count). The van der Waals surface area contributed by atoms with Gasteiger partial charge in [0.2, 0.25) is 0 Å². The van der Waals surface area contributed by atoms with Crippen molar-refractivity contribution in [3.05, 3.63) is 0 Å². The monoisotopic (exact) mass is 237 g/mol. The molecule has 0 spiro atoms. The molecule has 94 valence electrons. The number of hydrogen-bond donors (Lipinski definition) is 1. The van der Waals surface area contributed by atoms with Crippen LogP contribution < -0.4 is 35.3 Å². The van der Waals surface area contributed by atoms with Crippen LogP contribution >= 0.6 is 0 Å². The fourth-order valence-corrected chi connectivity index (χ4v) is 1.99. The molecule has 1 nitrogen and oxygen atoms in total. The van der Waals surface area contributed by atoms with Gasteiger partial charge < -0.3 is 7.16 Å². The zero-order valence-corrected chi connectivity index (χ0v) is 13.8. The standard InChI is InChI=1S/C14H31N.Na.H/c1-2-3-4-5-6-7-8-9-10-11-12-13-14-15;;/h2-15H2,1H3;;/q;+1;-1. The van der Waals surface area contributed by atoms with Gasteiger partial charge in [0.15, 0.2) is 0 Å². The van der Waals surface area contributed by atoms with Crippen molar-refractivity contribution in [2.45, 2.75) is 84.0 Å². The summed E-state index contributed by atoms with van der Waals surface area (Å²) in [5.41, 5.74) is 5.45. The van der Waals surface area contributed by atoms with Crippen molar-refractivity contribution in [2.24, 2.45) is 5.73 Å². The molecule has 0 radical (unpaired) electrons. The Morgan fingerprint density at radius 3 is 1.25 bits per heavy atom. The maximum Gasteiger partial charge on any atom is 1.00 e. The molecule has 0 aromatic carbocycles. The molecule has 0 aliphatic heterocycles. The topological polar surface area (TPSA) is 26.0 Å². The van der Waals surface area contributed by atoms with E-state index in [0.29, 0.717) is 0 Å². The SMILES string of the molecule is CCCCCCCCCCCCCCN.[H-].[Na+]. The van der Waals surface area contributed by atoms with Gasteiger partial charge in [-0.25, -0.2) is 0 Å². The largest absolute Gasteiger partial charge is 1.00 e. The molecule has 0 aromatic rings. The predicted molar refractivity (Wildman–Crippen MR) is 71.2 cm³/mol. The van der Waals surface area contributed by atoms with Crippen LogP contribution in [0.5, 0.6) is 0 Å². The van der Waals surface area contributed by atoms with Crippen molar-refractivity contribution in [3.63, 3.8) is 0 Å². The molecule has 0 aromatic heterocycles. The Bertz CT molecular complexity index is 100. The summed E-state index contributed by atoms with van der Waals surface area (Å²) in [6.07, 6.45) is 16.9. The average Bonchev–Trinajstić information content (AvgIpc) is 2.26. The van der Waals surface area contributed by atoms with Crippen molar-refractivity contribution in [1.82, 2.24) is 0 Å². The van der Waals surface area contributed by atoms with Crippen molar-refractivity contribution < 1.29 is 31.0 Å². The number of nitrogens with two attached hydrogens (primary N) is 1. The average molecular weight is 237 g/mol. The fraction of sp³-hybridized carbons (Fsp3) is 1.00. The van der Waals surface area contributed by atoms with Gasteiger partial charge in [0, 0.05) is 0 Å². The second-order valence-electron chi connectivity index (χ2n) is 4.68. The van der Waals surface area contributed by atoms with Crippen LogP contribution in [-0.2, 0) is 0 Å². The molecule has 0 fully saturated rings. The van der Waals surface area contributed by atoms with Crippen LogP contribution in [0.3, 0.4) is 0 Å². The van der Waals surface area contributed by atoms with Crippen molar-refractivity contribution >= 4 is 0 Å². The van der Waals surface area contributed by atoms with Gasteiger partial charge in [-0.2, -0.15) is 0 Å². The molecule has 2 heteroatoms. The van der Waals surface area contributed by atoms with Gasteiger partial charge in [-0.15, -0.1) is 0 Å². The molecule has 0 heterocycles. The van der Waals surface area contributed by atoms with E-state index >= 15 is 0 Å². The first-order valence-electron chi connectivity index (χ1n) is 7.12. The Balaban J connectivity index is -0.000000980. The van der Waals surface area contributed by atoms with Gasteiger partial charge in [-0.3, -0.25) is 0 Å². The quantitative estimate of drug-likeness (QED) is 0.406. The Kier molecular flexibility index (Phi) is 22.1. The second kappa shape index (κ2) is 18.3. The maximum absolute atomic E-state index is 5.45. The van der Waals surface area contributed by atoms with Gasteiger partial charge in [0.25, 0.3) is 0 Å². The molecule has 0 saturated carbocycles. The number of hydrogen-bond acceptors (Lipinski definition) is 1. The molecular formula is C14H32NNa. The van der Waals surface area contributed by atoms with Crippen molar-refractivity contribution in [2.75, 3.05) is 6.54 Å². The Morgan fingerprint density at radius 1 is 0.625 bits per heavy atom. The van der Waals surface area contributed by atoms with E-state index in [-0.39, 0.29) is 31.0 Å². The van der Waals surface area contributed by atoms with Crippen LogP contribution in [0.4, 0.5) is 0 Å². The minimum Gasteiger partial charge on any atom is -1.00 e. The summed E-state index contributed by atoms with van der Waals surface area (Å²) in [6.45, 7) is 3.15. The maximum atomic E-state index is 5.45. The van der Waals surface area contributed by atoms with E-state index in [1.54, 1.807) is 0 Å². The Morgan fingerprint density at radius 2 is 0.938 bits per heavy atom. The third-order valence-corrected chi connectivity index (χ3v) is 3.06. The van der Waals surface area contributed by atoms with Gasteiger partial charge in [-0.1, -0.05) is 77.6 Å². The van der Waals surface area contributed by atoms with Crippen LogP contribution in [-0.4, -0.2) is 6.54 Å². The summed E-state index contributed by atoms with van der Waals surface area (Å²) in [5, 5.41) is 0. The fourth-order valence-electron chi connectivity index (χ4n) is 1.99. The van der Waals surface area contributed by atoms with Gasteiger partial charge in [0.05, 0.1) is 0 Å². The zero-order valence-electron chi connectivity index (χ0n) is 12.8. The van der Waals surface area contributed by atoms with Crippen LogP contribution in [0.15, 0.2) is 0 Å². The summed E-state index contributed by atoms with van der Waals surface area (Å²) in [6, 6.07) is 0. The van der Waals surface area contributed by atoms with Crippen LogP contribution in [0.2, 0.25) is 0 Å². The smallest absolute Gasteiger partial charge is 1.00 e. The number of rotatable bonds is 12. The first-order chi connectivity index (χ1) is 7.41. The summed E-state index contributed by atoms with van der Waals surface area (Å²) in [4.78, 5) is 0. The summed E-state index contributed by atoms with van der Waals surface area (Å²) in [5.74, 6) is 0. The van der Waals surface area contributed by atoms with Crippen LogP contribution in [0.1, 0.15) is 85.4 Å². The third-order valence-electron chi connectivity index (χ3n) is 3.06. The Labute approximate surface area is 127 Å². The molecule has 0 unspecified atom stereocenters. The minimum atomic E-state index is 0.